The Morgan fingerprint density at radius 1 is 1.19 bits per heavy atom. The van der Waals surface area contributed by atoms with Gasteiger partial charge in [0, 0.05) is 25.6 Å². The topological polar surface area (TPSA) is 69.6 Å². The Bertz CT molecular complexity index is 386. The fourth-order valence-electron chi connectivity index (χ4n) is 3.70. The predicted molar refractivity (Wildman–Crippen MR) is 81.0 cm³/mol. The van der Waals surface area contributed by atoms with Crippen LogP contribution in [0.25, 0.3) is 0 Å². The summed E-state index contributed by atoms with van der Waals surface area (Å²) in [7, 11) is 0. The van der Waals surface area contributed by atoms with Crippen LogP contribution in [0.15, 0.2) is 0 Å². The molecule has 1 saturated heterocycles. The van der Waals surface area contributed by atoms with Crippen molar-refractivity contribution in [3.05, 3.63) is 0 Å². The van der Waals surface area contributed by atoms with E-state index in [1.54, 1.807) is 0 Å². The van der Waals surface area contributed by atoms with Crippen molar-refractivity contribution in [2.75, 3.05) is 13.1 Å². The number of carboxylic acids is 1. The number of nitrogens with one attached hydrogen (secondary N) is 1. The summed E-state index contributed by atoms with van der Waals surface area (Å²) in [4.78, 5) is 25.0. The summed E-state index contributed by atoms with van der Waals surface area (Å²) in [5, 5.41) is 12.1. The van der Waals surface area contributed by atoms with Crippen LogP contribution >= 0.6 is 0 Å². The smallest absolute Gasteiger partial charge is 0.317 e. The Morgan fingerprint density at radius 3 is 2.67 bits per heavy atom. The fourth-order valence-corrected chi connectivity index (χ4v) is 3.70. The van der Waals surface area contributed by atoms with Gasteiger partial charge in [0.05, 0.1) is 0 Å². The summed E-state index contributed by atoms with van der Waals surface area (Å²) < 4.78 is 0. The molecule has 1 aliphatic heterocycles. The van der Waals surface area contributed by atoms with Crippen molar-refractivity contribution in [2.45, 2.75) is 58.4 Å². The molecule has 21 heavy (non-hydrogen) atoms. The van der Waals surface area contributed by atoms with E-state index in [1.807, 2.05) is 4.90 Å². The number of hydrogen-bond donors (Lipinski definition) is 2. The van der Waals surface area contributed by atoms with E-state index in [4.69, 9.17) is 5.11 Å². The molecule has 0 bridgehead atoms. The Morgan fingerprint density at radius 2 is 1.95 bits per heavy atom. The van der Waals surface area contributed by atoms with E-state index in [0.29, 0.717) is 18.4 Å². The van der Waals surface area contributed by atoms with Gasteiger partial charge in [-0.15, -0.1) is 0 Å². The number of carbonyl (C=O) groups excluding carboxylic acids is 1. The number of rotatable bonds is 3. The lowest BCUT2D eigenvalue weighted by Crippen LogP contribution is -2.51. The molecule has 2 amide bonds. The normalized spacial score (nSPS) is 33.5. The van der Waals surface area contributed by atoms with E-state index in [-0.39, 0.29) is 24.4 Å². The number of likely N-dealkylation sites (tertiary alicyclic amines) is 1. The zero-order valence-electron chi connectivity index (χ0n) is 13.2. The molecule has 1 saturated carbocycles. The fraction of sp³-hybridized carbons (Fsp3) is 0.875. The van der Waals surface area contributed by atoms with Crippen molar-refractivity contribution < 1.29 is 14.7 Å². The van der Waals surface area contributed by atoms with Crippen LogP contribution in [0.4, 0.5) is 4.79 Å². The van der Waals surface area contributed by atoms with Gasteiger partial charge in [-0.25, -0.2) is 4.79 Å². The summed E-state index contributed by atoms with van der Waals surface area (Å²) >= 11 is 0. The molecule has 0 aromatic rings. The molecule has 0 radical (unpaired) electrons. The van der Waals surface area contributed by atoms with Gasteiger partial charge in [-0.2, -0.15) is 0 Å². The average Bonchev–Trinajstić information content (AvgIpc) is 2.43. The molecule has 1 aliphatic carbocycles. The van der Waals surface area contributed by atoms with Crippen LogP contribution in [-0.2, 0) is 4.79 Å². The third-order valence-corrected chi connectivity index (χ3v) is 5.29. The zero-order chi connectivity index (χ0) is 15.4. The number of amides is 2. The maximum atomic E-state index is 12.4. The molecule has 120 valence electrons. The van der Waals surface area contributed by atoms with Crippen LogP contribution in [0.2, 0.25) is 0 Å². The highest BCUT2D eigenvalue weighted by atomic mass is 16.4. The molecular weight excluding hydrogens is 268 g/mol. The van der Waals surface area contributed by atoms with Gasteiger partial charge in [-0.1, -0.05) is 26.7 Å². The Hall–Kier alpha value is -1.26. The number of carboxylic acid groups (broad SMARTS) is 1. The molecule has 0 aromatic heterocycles. The quantitative estimate of drug-likeness (QED) is 0.841. The monoisotopic (exact) mass is 296 g/mol. The average molecular weight is 296 g/mol. The first-order chi connectivity index (χ1) is 9.97. The Labute approximate surface area is 127 Å². The number of aliphatic carboxylic acids is 1. The molecule has 4 atom stereocenters. The minimum atomic E-state index is -0.767. The minimum absolute atomic E-state index is 0.00367. The molecule has 5 nitrogen and oxygen atoms in total. The molecule has 2 N–H and O–H groups in total. The molecular formula is C16H28N2O3. The maximum absolute atomic E-state index is 12.4. The number of hydrogen-bond acceptors (Lipinski definition) is 2. The molecule has 1 heterocycles. The standard InChI is InChI=1S/C16H28N2O3/c1-11-5-3-7-14(12(11)2)17-16(21)18-8-4-6-13(10-18)9-15(19)20/h11-14H,3-10H2,1-2H3,(H,17,21)(H,19,20). The minimum Gasteiger partial charge on any atom is -0.481 e. The van der Waals surface area contributed by atoms with Crippen LogP contribution in [0.5, 0.6) is 0 Å². The summed E-state index contributed by atoms with van der Waals surface area (Å²) in [6.45, 7) is 5.80. The van der Waals surface area contributed by atoms with Crippen LogP contribution in [0.3, 0.4) is 0 Å². The van der Waals surface area contributed by atoms with Gasteiger partial charge in [0.1, 0.15) is 0 Å². The Kier molecular flexibility index (Phi) is 5.48. The van der Waals surface area contributed by atoms with E-state index in [0.717, 1.165) is 25.8 Å². The van der Waals surface area contributed by atoms with Gasteiger partial charge in [0.2, 0.25) is 0 Å². The molecule has 2 fully saturated rings. The van der Waals surface area contributed by atoms with E-state index in [9.17, 15) is 9.59 Å². The van der Waals surface area contributed by atoms with Crippen molar-refractivity contribution in [2.24, 2.45) is 17.8 Å². The first-order valence-electron chi connectivity index (χ1n) is 8.24. The second kappa shape index (κ2) is 7.14. The van der Waals surface area contributed by atoms with Crippen LogP contribution in [-0.4, -0.2) is 41.1 Å². The lowest BCUT2D eigenvalue weighted by atomic mass is 9.78. The third kappa shape index (κ3) is 4.35. The molecule has 0 spiro atoms. The van der Waals surface area contributed by atoms with Crippen molar-refractivity contribution in [3.63, 3.8) is 0 Å². The first kappa shape index (κ1) is 16.1. The molecule has 2 aliphatic rings. The van der Waals surface area contributed by atoms with Gasteiger partial charge in [0.15, 0.2) is 0 Å². The van der Waals surface area contributed by atoms with Crippen LogP contribution < -0.4 is 5.32 Å². The summed E-state index contributed by atoms with van der Waals surface area (Å²) in [6, 6.07) is 0.261. The van der Waals surface area contributed by atoms with Crippen molar-refractivity contribution in [1.82, 2.24) is 10.2 Å². The van der Waals surface area contributed by atoms with Crippen molar-refractivity contribution in [1.29, 1.82) is 0 Å². The third-order valence-electron chi connectivity index (χ3n) is 5.29. The van der Waals surface area contributed by atoms with E-state index >= 15 is 0 Å². The predicted octanol–water partition coefficient (Wildman–Crippen LogP) is 2.71. The van der Waals surface area contributed by atoms with Crippen LogP contribution in [0.1, 0.15) is 52.4 Å². The van der Waals surface area contributed by atoms with E-state index in [1.165, 1.54) is 12.8 Å². The van der Waals surface area contributed by atoms with Gasteiger partial charge < -0.3 is 15.3 Å². The number of carbonyl (C=O) groups is 2. The molecule has 5 heteroatoms. The number of urea groups is 1. The number of nitrogens with zero attached hydrogens (tertiary/aromatic N) is 1. The lowest BCUT2D eigenvalue weighted by Gasteiger charge is -2.38. The molecule has 4 unspecified atom stereocenters. The highest BCUT2D eigenvalue weighted by Gasteiger charge is 2.31. The highest BCUT2D eigenvalue weighted by Crippen LogP contribution is 2.29. The maximum Gasteiger partial charge on any atom is 0.317 e. The van der Waals surface area contributed by atoms with Crippen LogP contribution in [0, 0.1) is 17.8 Å². The van der Waals surface area contributed by atoms with Gasteiger partial charge >= 0.3 is 12.0 Å². The van der Waals surface area contributed by atoms with Gasteiger partial charge in [-0.05, 0) is 37.0 Å². The second-order valence-electron chi connectivity index (χ2n) is 6.88. The SMILES string of the molecule is CC1CCCC(NC(=O)N2CCCC(CC(=O)O)C2)C1C. The van der Waals surface area contributed by atoms with E-state index in [2.05, 4.69) is 19.2 Å². The highest BCUT2D eigenvalue weighted by molar-refractivity contribution is 5.75. The molecule has 0 aromatic carbocycles. The summed E-state index contributed by atoms with van der Waals surface area (Å²) in [5.41, 5.74) is 0. The van der Waals surface area contributed by atoms with Gasteiger partial charge in [-0.3, -0.25) is 4.79 Å². The zero-order valence-corrected chi connectivity index (χ0v) is 13.2. The summed E-state index contributed by atoms with van der Waals surface area (Å²) in [5.74, 6) is 0.508. The summed E-state index contributed by atoms with van der Waals surface area (Å²) in [6.07, 6.45) is 5.47. The van der Waals surface area contributed by atoms with Crippen molar-refractivity contribution >= 4 is 12.0 Å². The largest absolute Gasteiger partial charge is 0.481 e. The van der Waals surface area contributed by atoms with E-state index < -0.39 is 5.97 Å². The first-order valence-corrected chi connectivity index (χ1v) is 8.24. The molecule has 2 rings (SSSR count). The second-order valence-corrected chi connectivity index (χ2v) is 6.88. The number of piperidine rings is 1. The van der Waals surface area contributed by atoms with Crippen molar-refractivity contribution in [3.8, 4) is 0 Å². The Balaban J connectivity index is 1.86. The lowest BCUT2D eigenvalue weighted by molar-refractivity contribution is -0.138. The van der Waals surface area contributed by atoms with Gasteiger partial charge in [0.25, 0.3) is 0 Å².